The van der Waals surface area contributed by atoms with E-state index in [0.717, 1.165) is 31.2 Å². The summed E-state index contributed by atoms with van der Waals surface area (Å²) in [6.45, 7) is 0. The fourth-order valence-electron chi connectivity index (χ4n) is 2.22. The summed E-state index contributed by atoms with van der Waals surface area (Å²) in [5.74, 6) is 0.248. The largest absolute Gasteiger partial charge is 0.205 e. The van der Waals surface area contributed by atoms with Gasteiger partial charge in [-0.1, -0.05) is 23.7 Å². The molecule has 2 unspecified atom stereocenters. The SMILES string of the molecule is Fc1c(Cl)cccc1CC1CCC(Cl)C1. The van der Waals surface area contributed by atoms with Crippen molar-refractivity contribution in [3.05, 3.63) is 34.6 Å². The third-order valence-corrected chi connectivity index (χ3v) is 3.71. The van der Waals surface area contributed by atoms with Crippen LogP contribution in [0.5, 0.6) is 0 Å². The van der Waals surface area contributed by atoms with E-state index >= 15 is 0 Å². The zero-order valence-corrected chi connectivity index (χ0v) is 9.86. The van der Waals surface area contributed by atoms with Crippen LogP contribution in [-0.4, -0.2) is 5.38 Å². The minimum Gasteiger partial charge on any atom is -0.205 e. The first-order valence-corrected chi connectivity index (χ1v) is 6.05. The van der Waals surface area contributed by atoms with E-state index in [2.05, 4.69) is 0 Å². The first kappa shape index (κ1) is 11.2. The quantitative estimate of drug-likeness (QED) is 0.678. The Morgan fingerprint density at radius 1 is 1.33 bits per heavy atom. The van der Waals surface area contributed by atoms with Crippen LogP contribution in [0.3, 0.4) is 0 Å². The van der Waals surface area contributed by atoms with Crippen LogP contribution in [0, 0.1) is 11.7 Å². The summed E-state index contributed by atoms with van der Waals surface area (Å²) < 4.78 is 13.6. The highest BCUT2D eigenvalue weighted by Gasteiger charge is 2.24. The number of rotatable bonds is 2. The molecular weight excluding hydrogens is 234 g/mol. The maximum absolute atomic E-state index is 13.6. The molecule has 1 aliphatic carbocycles. The Morgan fingerprint density at radius 3 is 2.80 bits per heavy atom. The van der Waals surface area contributed by atoms with Crippen LogP contribution in [0.1, 0.15) is 24.8 Å². The molecule has 1 fully saturated rings. The Labute approximate surface area is 99.4 Å². The molecule has 2 rings (SSSR count). The summed E-state index contributed by atoms with van der Waals surface area (Å²) in [5, 5.41) is 0.491. The second-order valence-electron chi connectivity index (χ2n) is 4.19. The Kier molecular flexibility index (Phi) is 3.53. The van der Waals surface area contributed by atoms with Gasteiger partial charge in [0.1, 0.15) is 5.82 Å². The summed E-state index contributed by atoms with van der Waals surface area (Å²) in [4.78, 5) is 0. The van der Waals surface area contributed by atoms with Crippen LogP contribution in [0.15, 0.2) is 18.2 Å². The summed E-state index contributed by atoms with van der Waals surface area (Å²) in [6.07, 6.45) is 3.90. The van der Waals surface area contributed by atoms with Gasteiger partial charge in [-0.05, 0) is 43.2 Å². The van der Waals surface area contributed by atoms with E-state index in [4.69, 9.17) is 23.2 Å². The molecule has 0 spiro atoms. The minimum atomic E-state index is -0.266. The van der Waals surface area contributed by atoms with Crippen molar-refractivity contribution in [2.45, 2.75) is 31.1 Å². The predicted octanol–water partition coefficient (Wildman–Crippen LogP) is 4.43. The smallest absolute Gasteiger partial charge is 0.144 e. The van der Waals surface area contributed by atoms with E-state index < -0.39 is 0 Å². The lowest BCUT2D eigenvalue weighted by Gasteiger charge is -2.10. The van der Waals surface area contributed by atoms with Gasteiger partial charge >= 0.3 is 0 Å². The summed E-state index contributed by atoms with van der Waals surface area (Å²) >= 11 is 11.8. The molecule has 15 heavy (non-hydrogen) atoms. The average molecular weight is 247 g/mol. The lowest BCUT2D eigenvalue weighted by Crippen LogP contribution is -2.02. The maximum Gasteiger partial charge on any atom is 0.144 e. The topological polar surface area (TPSA) is 0 Å². The molecular formula is C12H13Cl2F. The normalized spacial score (nSPS) is 25.8. The van der Waals surface area contributed by atoms with Crippen LogP contribution >= 0.6 is 23.2 Å². The van der Waals surface area contributed by atoms with Gasteiger partial charge in [-0.25, -0.2) is 4.39 Å². The predicted molar refractivity (Wildman–Crippen MR) is 62.1 cm³/mol. The number of halogens is 3. The van der Waals surface area contributed by atoms with E-state index in [-0.39, 0.29) is 16.2 Å². The highest BCUT2D eigenvalue weighted by Crippen LogP contribution is 2.33. The molecule has 82 valence electrons. The molecule has 1 aliphatic rings. The number of hydrogen-bond donors (Lipinski definition) is 0. The van der Waals surface area contributed by atoms with Gasteiger partial charge in [-0.2, -0.15) is 0 Å². The van der Waals surface area contributed by atoms with Crippen molar-refractivity contribution in [2.75, 3.05) is 0 Å². The number of alkyl halides is 1. The molecule has 1 aromatic carbocycles. The van der Waals surface area contributed by atoms with Crippen LogP contribution < -0.4 is 0 Å². The molecule has 3 heteroatoms. The average Bonchev–Trinajstić information content (AvgIpc) is 2.59. The van der Waals surface area contributed by atoms with E-state index in [1.807, 2.05) is 6.07 Å². The molecule has 0 amide bonds. The van der Waals surface area contributed by atoms with Crippen LogP contribution in [0.2, 0.25) is 5.02 Å². The highest BCUT2D eigenvalue weighted by atomic mass is 35.5. The van der Waals surface area contributed by atoms with E-state index in [0.29, 0.717) is 5.92 Å². The van der Waals surface area contributed by atoms with Crippen molar-refractivity contribution in [1.82, 2.24) is 0 Å². The lowest BCUT2D eigenvalue weighted by atomic mass is 9.98. The highest BCUT2D eigenvalue weighted by molar-refractivity contribution is 6.30. The van der Waals surface area contributed by atoms with Crippen LogP contribution in [0.4, 0.5) is 4.39 Å². The van der Waals surface area contributed by atoms with Crippen molar-refractivity contribution in [3.63, 3.8) is 0 Å². The molecule has 0 bridgehead atoms. The van der Waals surface area contributed by atoms with Crippen molar-refractivity contribution < 1.29 is 4.39 Å². The zero-order valence-electron chi connectivity index (χ0n) is 8.35. The Morgan fingerprint density at radius 2 is 2.13 bits per heavy atom. The van der Waals surface area contributed by atoms with Gasteiger partial charge < -0.3 is 0 Å². The van der Waals surface area contributed by atoms with Gasteiger partial charge in [0.25, 0.3) is 0 Å². The van der Waals surface area contributed by atoms with Crippen molar-refractivity contribution in [1.29, 1.82) is 0 Å². The van der Waals surface area contributed by atoms with Gasteiger partial charge in [0.15, 0.2) is 0 Å². The third kappa shape index (κ3) is 2.64. The zero-order chi connectivity index (χ0) is 10.8. The van der Waals surface area contributed by atoms with E-state index in [1.54, 1.807) is 12.1 Å². The number of benzene rings is 1. The molecule has 0 radical (unpaired) electrons. The molecule has 0 N–H and O–H groups in total. The van der Waals surface area contributed by atoms with Gasteiger partial charge in [0.2, 0.25) is 0 Å². The molecule has 1 aromatic rings. The van der Waals surface area contributed by atoms with Gasteiger partial charge in [-0.3, -0.25) is 0 Å². The fraction of sp³-hybridized carbons (Fsp3) is 0.500. The van der Waals surface area contributed by atoms with Crippen LogP contribution in [0.25, 0.3) is 0 Å². The van der Waals surface area contributed by atoms with E-state index in [9.17, 15) is 4.39 Å². The van der Waals surface area contributed by atoms with Crippen molar-refractivity contribution >= 4 is 23.2 Å². The molecule has 0 aromatic heterocycles. The van der Waals surface area contributed by atoms with Gasteiger partial charge in [0.05, 0.1) is 5.02 Å². The van der Waals surface area contributed by atoms with Crippen molar-refractivity contribution in [2.24, 2.45) is 5.92 Å². The molecule has 2 atom stereocenters. The molecule has 0 nitrogen and oxygen atoms in total. The Balaban J connectivity index is 2.07. The summed E-state index contributed by atoms with van der Waals surface area (Å²) in [7, 11) is 0. The first-order valence-electron chi connectivity index (χ1n) is 5.23. The fourth-order valence-corrected chi connectivity index (χ4v) is 2.79. The second kappa shape index (κ2) is 4.71. The van der Waals surface area contributed by atoms with Crippen LogP contribution in [-0.2, 0) is 6.42 Å². The molecule has 1 saturated carbocycles. The molecule has 0 aliphatic heterocycles. The minimum absolute atomic E-state index is 0.216. The molecule has 0 heterocycles. The second-order valence-corrected chi connectivity index (χ2v) is 5.22. The monoisotopic (exact) mass is 246 g/mol. The first-order chi connectivity index (χ1) is 7.16. The Hall–Kier alpha value is -0.270. The Bertz CT molecular complexity index is 351. The number of hydrogen-bond acceptors (Lipinski definition) is 0. The van der Waals surface area contributed by atoms with Gasteiger partial charge in [-0.15, -0.1) is 11.6 Å². The summed E-state index contributed by atoms with van der Waals surface area (Å²) in [5.41, 5.74) is 0.721. The third-order valence-electron chi connectivity index (χ3n) is 3.02. The lowest BCUT2D eigenvalue weighted by molar-refractivity contribution is 0.521. The van der Waals surface area contributed by atoms with E-state index in [1.165, 1.54) is 0 Å². The van der Waals surface area contributed by atoms with Gasteiger partial charge in [0, 0.05) is 5.38 Å². The molecule has 0 saturated heterocycles. The standard InChI is InChI=1S/C12H13Cl2F/c13-10-5-4-8(7-10)6-9-2-1-3-11(14)12(9)15/h1-3,8,10H,4-7H2. The van der Waals surface area contributed by atoms with Crippen molar-refractivity contribution in [3.8, 4) is 0 Å². The maximum atomic E-state index is 13.6. The summed E-state index contributed by atoms with van der Waals surface area (Å²) in [6, 6.07) is 5.19.